The lowest BCUT2D eigenvalue weighted by Crippen LogP contribution is -2.46. The first-order chi connectivity index (χ1) is 9.40. The van der Waals surface area contributed by atoms with Crippen LogP contribution < -0.4 is 4.72 Å². The van der Waals surface area contributed by atoms with Crippen LogP contribution in [0.1, 0.15) is 32.1 Å². The number of carboxylic acid groups (broad SMARTS) is 1. The van der Waals surface area contributed by atoms with Gasteiger partial charge in [-0.05, 0) is 32.1 Å². The smallest absolute Gasteiger partial charge is 0.407 e. The summed E-state index contributed by atoms with van der Waals surface area (Å²) in [6.45, 7) is 1.30. The van der Waals surface area contributed by atoms with Gasteiger partial charge in [-0.25, -0.2) is 17.9 Å². The summed E-state index contributed by atoms with van der Waals surface area (Å²) < 4.78 is 32.4. The van der Waals surface area contributed by atoms with E-state index in [1.807, 2.05) is 0 Å². The fourth-order valence-corrected chi connectivity index (χ4v) is 4.65. The molecular weight excluding hydrogens is 284 g/mol. The van der Waals surface area contributed by atoms with E-state index in [4.69, 9.17) is 9.84 Å². The van der Waals surface area contributed by atoms with Crippen molar-refractivity contribution in [1.29, 1.82) is 0 Å². The van der Waals surface area contributed by atoms with Gasteiger partial charge in [-0.2, -0.15) is 0 Å². The third-order valence-electron chi connectivity index (χ3n) is 4.45. The number of hydrogen-bond donors (Lipinski definition) is 2. The van der Waals surface area contributed by atoms with Crippen molar-refractivity contribution >= 4 is 16.1 Å². The fourth-order valence-electron chi connectivity index (χ4n) is 3.08. The minimum Gasteiger partial charge on any atom is -0.465 e. The van der Waals surface area contributed by atoms with Crippen LogP contribution in [-0.2, 0) is 14.8 Å². The maximum absolute atomic E-state index is 11.9. The Kier molecular flexibility index (Phi) is 3.42. The quantitative estimate of drug-likeness (QED) is 0.785. The topological polar surface area (TPSA) is 95.9 Å². The molecule has 2 N–H and O–H groups in total. The molecular formula is C12H20N2O5S. The molecule has 3 fully saturated rings. The zero-order valence-corrected chi connectivity index (χ0v) is 12.1. The Morgan fingerprint density at radius 2 is 1.95 bits per heavy atom. The van der Waals surface area contributed by atoms with Crippen LogP contribution in [0.5, 0.6) is 0 Å². The first kappa shape index (κ1) is 14.1. The average molecular weight is 304 g/mol. The predicted octanol–water partition coefficient (Wildman–Crippen LogP) is 0.370. The first-order valence-corrected chi connectivity index (χ1v) is 8.58. The number of hydrogen-bond acceptors (Lipinski definition) is 4. The molecule has 1 atom stereocenters. The summed E-state index contributed by atoms with van der Waals surface area (Å²) >= 11 is 0. The zero-order chi connectivity index (χ0) is 14.4. The number of sulfonamides is 1. The van der Waals surface area contributed by atoms with E-state index in [0.717, 1.165) is 12.8 Å². The maximum Gasteiger partial charge on any atom is 0.407 e. The van der Waals surface area contributed by atoms with Gasteiger partial charge >= 0.3 is 6.09 Å². The summed E-state index contributed by atoms with van der Waals surface area (Å²) in [5.41, 5.74) is -0.345. The molecule has 2 heterocycles. The monoisotopic (exact) mass is 304 g/mol. The van der Waals surface area contributed by atoms with Gasteiger partial charge in [-0.1, -0.05) is 0 Å². The number of carbonyl (C=O) groups is 1. The van der Waals surface area contributed by atoms with Crippen molar-refractivity contribution < 1.29 is 23.1 Å². The number of piperidine rings is 1. The Morgan fingerprint density at radius 1 is 1.30 bits per heavy atom. The summed E-state index contributed by atoms with van der Waals surface area (Å²) in [5.74, 6) is 0. The summed E-state index contributed by atoms with van der Waals surface area (Å²) in [7, 11) is -3.18. The van der Waals surface area contributed by atoms with Crippen LogP contribution in [0.25, 0.3) is 0 Å². The Morgan fingerprint density at radius 3 is 2.50 bits per heavy atom. The van der Waals surface area contributed by atoms with Gasteiger partial charge in [0.25, 0.3) is 0 Å². The summed E-state index contributed by atoms with van der Waals surface area (Å²) in [6.07, 6.45) is 2.53. The molecule has 0 bridgehead atoms. The first-order valence-electron chi connectivity index (χ1n) is 7.03. The molecule has 0 aromatic heterocycles. The third-order valence-corrected chi connectivity index (χ3v) is 6.46. The lowest BCUT2D eigenvalue weighted by molar-refractivity contribution is -0.0394. The summed E-state index contributed by atoms with van der Waals surface area (Å²) in [4.78, 5) is 12.3. The van der Waals surface area contributed by atoms with Gasteiger partial charge in [0.15, 0.2) is 0 Å². The van der Waals surface area contributed by atoms with Crippen LogP contribution in [0.2, 0.25) is 0 Å². The highest BCUT2D eigenvalue weighted by atomic mass is 32.2. The van der Waals surface area contributed by atoms with Crippen LogP contribution in [0.15, 0.2) is 0 Å². The van der Waals surface area contributed by atoms with E-state index >= 15 is 0 Å². The molecule has 2 aliphatic heterocycles. The van der Waals surface area contributed by atoms with E-state index in [2.05, 4.69) is 4.72 Å². The third kappa shape index (κ3) is 2.77. The van der Waals surface area contributed by atoms with E-state index in [-0.39, 0.29) is 16.9 Å². The Labute approximate surface area is 118 Å². The van der Waals surface area contributed by atoms with Crippen LogP contribution in [-0.4, -0.2) is 61.1 Å². The zero-order valence-electron chi connectivity index (χ0n) is 11.2. The summed E-state index contributed by atoms with van der Waals surface area (Å²) in [6, 6.07) is -0.169. The molecule has 3 aliphatic rings. The molecule has 1 unspecified atom stereocenters. The van der Waals surface area contributed by atoms with Gasteiger partial charge in [0.1, 0.15) is 0 Å². The number of likely N-dealkylation sites (tertiary alicyclic amines) is 1. The molecule has 7 nitrogen and oxygen atoms in total. The van der Waals surface area contributed by atoms with Crippen molar-refractivity contribution in [2.45, 2.75) is 49.0 Å². The highest BCUT2D eigenvalue weighted by Gasteiger charge is 2.46. The Hall–Kier alpha value is -0.860. The van der Waals surface area contributed by atoms with E-state index in [0.29, 0.717) is 39.0 Å². The summed E-state index contributed by atoms with van der Waals surface area (Å²) in [5, 5.41) is 8.72. The molecule has 0 aromatic carbocycles. The molecule has 114 valence electrons. The average Bonchev–Trinajstić information content (AvgIpc) is 3.17. The van der Waals surface area contributed by atoms with Crippen molar-refractivity contribution in [2.24, 2.45) is 0 Å². The highest BCUT2D eigenvalue weighted by molar-refractivity contribution is 7.90. The van der Waals surface area contributed by atoms with Crippen LogP contribution in [0.4, 0.5) is 4.79 Å². The minimum atomic E-state index is -3.18. The lowest BCUT2D eigenvalue weighted by Gasteiger charge is -2.37. The van der Waals surface area contributed by atoms with Gasteiger partial charge in [0.2, 0.25) is 10.0 Å². The van der Waals surface area contributed by atoms with Gasteiger partial charge in [0, 0.05) is 19.1 Å². The van der Waals surface area contributed by atoms with E-state index < -0.39 is 16.1 Å². The minimum absolute atomic E-state index is 0.169. The highest BCUT2D eigenvalue weighted by Crippen LogP contribution is 2.37. The molecule has 8 heteroatoms. The van der Waals surface area contributed by atoms with E-state index in [1.165, 1.54) is 4.90 Å². The number of nitrogens with one attached hydrogen (secondary N) is 1. The van der Waals surface area contributed by atoms with Gasteiger partial charge < -0.3 is 14.7 Å². The van der Waals surface area contributed by atoms with E-state index in [1.54, 1.807) is 0 Å². The number of rotatable bonds is 3. The van der Waals surface area contributed by atoms with Crippen molar-refractivity contribution in [2.75, 3.05) is 19.7 Å². The molecule has 1 spiro atoms. The van der Waals surface area contributed by atoms with Gasteiger partial charge in [-0.15, -0.1) is 0 Å². The Bertz CT molecular complexity index is 494. The largest absolute Gasteiger partial charge is 0.465 e. The molecule has 3 rings (SSSR count). The maximum atomic E-state index is 11.9. The van der Waals surface area contributed by atoms with Crippen LogP contribution >= 0.6 is 0 Å². The number of amides is 1. The number of nitrogens with zero attached hydrogens (tertiary/aromatic N) is 1. The fraction of sp³-hybridized carbons (Fsp3) is 0.917. The molecule has 1 amide bonds. The molecule has 1 aliphatic carbocycles. The lowest BCUT2D eigenvalue weighted by atomic mass is 9.88. The second-order valence-electron chi connectivity index (χ2n) is 6.03. The van der Waals surface area contributed by atoms with Crippen LogP contribution in [0, 0.1) is 0 Å². The van der Waals surface area contributed by atoms with E-state index in [9.17, 15) is 13.2 Å². The van der Waals surface area contributed by atoms with Crippen molar-refractivity contribution in [3.8, 4) is 0 Å². The number of ether oxygens (including phenoxy) is 1. The molecule has 0 radical (unpaired) electrons. The standard InChI is InChI=1S/C12H20N2O5S/c15-11(16)14-5-3-12(4-6-14)7-9(8-19-12)13-20(17,18)10-1-2-10/h9-10,13H,1-8H2,(H,15,16). The van der Waals surface area contributed by atoms with Crippen molar-refractivity contribution in [1.82, 2.24) is 9.62 Å². The predicted molar refractivity (Wildman–Crippen MR) is 71.0 cm³/mol. The van der Waals surface area contributed by atoms with Gasteiger partial charge in [-0.3, -0.25) is 0 Å². The van der Waals surface area contributed by atoms with Crippen molar-refractivity contribution in [3.63, 3.8) is 0 Å². The second-order valence-corrected chi connectivity index (χ2v) is 8.02. The second kappa shape index (κ2) is 4.85. The normalized spacial score (nSPS) is 29.8. The molecule has 1 saturated carbocycles. The molecule has 0 aromatic rings. The Balaban J connectivity index is 1.56. The molecule has 2 saturated heterocycles. The molecule has 20 heavy (non-hydrogen) atoms. The van der Waals surface area contributed by atoms with Crippen molar-refractivity contribution in [3.05, 3.63) is 0 Å². The van der Waals surface area contributed by atoms with Crippen LogP contribution in [0.3, 0.4) is 0 Å². The SMILES string of the molecule is O=C(O)N1CCC2(CC1)CC(NS(=O)(=O)C1CC1)CO2. The van der Waals surface area contributed by atoms with Gasteiger partial charge in [0.05, 0.1) is 17.5 Å².